The molecule has 4 nitrogen and oxygen atoms in total. The van der Waals surface area contributed by atoms with E-state index >= 15 is 0 Å². The molecule has 0 aliphatic rings. The monoisotopic (exact) mass is 350 g/mol. The molecule has 0 aromatic heterocycles. The van der Waals surface area contributed by atoms with Crippen LogP contribution in [0.3, 0.4) is 0 Å². The lowest BCUT2D eigenvalue weighted by atomic mass is 9.98. The Labute approximate surface area is 133 Å². The first-order valence-corrected chi connectivity index (χ1v) is 7.51. The van der Waals surface area contributed by atoms with Crippen molar-refractivity contribution in [1.82, 2.24) is 5.43 Å². The molecule has 3 N–H and O–H groups in total. The second-order valence-electron chi connectivity index (χ2n) is 4.49. The number of nitrogens with two attached hydrogens (primary N) is 1. The molecular weight excluding hydrogens is 332 g/mol. The highest BCUT2D eigenvalue weighted by Crippen LogP contribution is 2.32. The van der Waals surface area contributed by atoms with E-state index in [2.05, 4.69) is 21.4 Å². The summed E-state index contributed by atoms with van der Waals surface area (Å²) in [6.45, 7) is 2.61. The minimum Gasteiger partial charge on any atom is -0.496 e. The molecule has 1 atom stereocenters. The van der Waals surface area contributed by atoms with Gasteiger partial charge in [-0.25, -0.2) is 5.43 Å². The second-order valence-corrected chi connectivity index (χ2v) is 5.40. The van der Waals surface area contributed by atoms with Crippen LogP contribution in [-0.2, 0) is 0 Å². The van der Waals surface area contributed by atoms with Gasteiger partial charge in [0, 0.05) is 10.0 Å². The van der Waals surface area contributed by atoms with Crippen LogP contribution in [0.15, 0.2) is 46.9 Å². The Kier molecular flexibility index (Phi) is 5.61. The Morgan fingerprint density at radius 1 is 1.19 bits per heavy atom. The van der Waals surface area contributed by atoms with Gasteiger partial charge in [-0.15, -0.1) is 0 Å². The standard InChI is InChI=1S/C16H19BrN2O2/c1-3-21-13-7-4-11(5-8-13)16(19-18)14-9-6-12(17)10-15(14)20-2/h4-10,16,19H,3,18H2,1-2H3. The van der Waals surface area contributed by atoms with Gasteiger partial charge < -0.3 is 9.47 Å². The molecule has 0 amide bonds. The van der Waals surface area contributed by atoms with Crippen molar-refractivity contribution >= 4 is 15.9 Å². The summed E-state index contributed by atoms with van der Waals surface area (Å²) < 4.78 is 11.9. The van der Waals surface area contributed by atoms with Gasteiger partial charge in [0.1, 0.15) is 11.5 Å². The quantitative estimate of drug-likeness (QED) is 0.619. The van der Waals surface area contributed by atoms with E-state index in [9.17, 15) is 0 Å². The first kappa shape index (κ1) is 15.8. The topological polar surface area (TPSA) is 56.5 Å². The molecule has 2 aromatic carbocycles. The minimum absolute atomic E-state index is 0.149. The SMILES string of the molecule is CCOc1ccc(C(NN)c2ccc(Br)cc2OC)cc1. The van der Waals surface area contributed by atoms with Crippen molar-refractivity contribution in [3.8, 4) is 11.5 Å². The summed E-state index contributed by atoms with van der Waals surface area (Å²) in [5.41, 5.74) is 4.87. The first-order valence-electron chi connectivity index (χ1n) is 6.72. The fraction of sp³-hybridized carbons (Fsp3) is 0.250. The van der Waals surface area contributed by atoms with Crippen molar-refractivity contribution in [2.75, 3.05) is 13.7 Å². The third-order valence-electron chi connectivity index (χ3n) is 3.20. The average molecular weight is 351 g/mol. The van der Waals surface area contributed by atoms with Gasteiger partial charge >= 0.3 is 0 Å². The molecule has 0 spiro atoms. The van der Waals surface area contributed by atoms with Crippen molar-refractivity contribution in [1.29, 1.82) is 0 Å². The number of hydrazine groups is 1. The Morgan fingerprint density at radius 3 is 2.48 bits per heavy atom. The van der Waals surface area contributed by atoms with Gasteiger partial charge in [-0.05, 0) is 36.8 Å². The van der Waals surface area contributed by atoms with Gasteiger partial charge in [0.25, 0.3) is 0 Å². The maximum atomic E-state index is 5.75. The smallest absolute Gasteiger partial charge is 0.125 e. The molecule has 2 rings (SSSR count). The maximum absolute atomic E-state index is 5.75. The number of benzene rings is 2. The van der Waals surface area contributed by atoms with E-state index in [0.29, 0.717) is 6.61 Å². The van der Waals surface area contributed by atoms with Gasteiger partial charge in [-0.3, -0.25) is 5.84 Å². The van der Waals surface area contributed by atoms with Crippen molar-refractivity contribution < 1.29 is 9.47 Å². The van der Waals surface area contributed by atoms with E-state index in [1.54, 1.807) is 7.11 Å². The fourth-order valence-corrected chi connectivity index (χ4v) is 2.55. The molecule has 0 bridgehead atoms. The number of halogens is 1. The highest BCUT2D eigenvalue weighted by molar-refractivity contribution is 9.10. The van der Waals surface area contributed by atoms with E-state index in [4.69, 9.17) is 15.3 Å². The molecule has 0 saturated heterocycles. The number of hydrogen-bond donors (Lipinski definition) is 2. The number of hydrogen-bond acceptors (Lipinski definition) is 4. The molecule has 5 heteroatoms. The Morgan fingerprint density at radius 2 is 1.90 bits per heavy atom. The Bertz CT molecular complexity index is 587. The van der Waals surface area contributed by atoms with E-state index < -0.39 is 0 Å². The third-order valence-corrected chi connectivity index (χ3v) is 3.69. The normalized spacial score (nSPS) is 12.0. The van der Waals surface area contributed by atoms with Gasteiger partial charge in [0.15, 0.2) is 0 Å². The number of ether oxygens (including phenoxy) is 2. The lowest BCUT2D eigenvalue weighted by Crippen LogP contribution is -2.29. The largest absolute Gasteiger partial charge is 0.496 e. The van der Waals surface area contributed by atoms with Crippen LogP contribution < -0.4 is 20.7 Å². The van der Waals surface area contributed by atoms with Crippen molar-refractivity contribution in [3.05, 3.63) is 58.1 Å². The first-order chi connectivity index (χ1) is 10.2. The molecular formula is C16H19BrN2O2. The summed E-state index contributed by atoms with van der Waals surface area (Å²) in [5, 5.41) is 0. The van der Waals surface area contributed by atoms with Gasteiger partial charge in [0.2, 0.25) is 0 Å². The number of methoxy groups -OCH3 is 1. The average Bonchev–Trinajstić information content (AvgIpc) is 2.51. The molecule has 1 unspecified atom stereocenters. The lowest BCUT2D eigenvalue weighted by Gasteiger charge is -2.20. The van der Waals surface area contributed by atoms with Gasteiger partial charge in [-0.1, -0.05) is 34.1 Å². The summed E-state index contributed by atoms with van der Waals surface area (Å²) in [6.07, 6.45) is 0. The fourth-order valence-electron chi connectivity index (χ4n) is 2.21. The van der Waals surface area contributed by atoms with Crippen LogP contribution in [0, 0.1) is 0 Å². The molecule has 0 saturated carbocycles. The predicted octanol–water partition coefficient (Wildman–Crippen LogP) is 3.41. The second kappa shape index (κ2) is 7.45. The van der Waals surface area contributed by atoms with Crippen molar-refractivity contribution in [2.24, 2.45) is 5.84 Å². The zero-order valence-corrected chi connectivity index (χ0v) is 13.7. The minimum atomic E-state index is -0.149. The highest BCUT2D eigenvalue weighted by atomic mass is 79.9. The van der Waals surface area contributed by atoms with E-state index in [-0.39, 0.29) is 6.04 Å². The van der Waals surface area contributed by atoms with Crippen LogP contribution >= 0.6 is 15.9 Å². The molecule has 112 valence electrons. The van der Waals surface area contributed by atoms with Crippen LogP contribution in [0.5, 0.6) is 11.5 Å². The van der Waals surface area contributed by atoms with Crippen LogP contribution in [-0.4, -0.2) is 13.7 Å². The molecule has 2 aromatic rings. The summed E-state index contributed by atoms with van der Waals surface area (Å²) in [4.78, 5) is 0. The van der Waals surface area contributed by atoms with Crippen LogP contribution in [0.1, 0.15) is 24.1 Å². The van der Waals surface area contributed by atoms with E-state index in [1.165, 1.54) is 0 Å². The predicted molar refractivity (Wildman–Crippen MR) is 87.5 cm³/mol. The Balaban J connectivity index is 2.35. The maximum Gasteiger partial charge on any atom is 0.125 e. The summed E-state index contributed by atoms with van der Waals surface area (Å²) in [7, 11) is 1.65. The number of rotatable bonds is 6. The Hall–Kier alpha value is -1.56. The van der Waals surface area contributed by atoms with Crippen LogP contribution in [0.4, 0.5) is 0 Å². The highest BCUT2D eigenvalue weighted by Gasteiger charge is 2.17. The summed E-state index contributed by atoms with van der Waals surface area (Å²) in [5.74, 6) is 7.37. The van der Waals surface area contributed by atoms with Gasteiger partial charge in [0.05, 0.1) is 19.8 Å². The number of nitrogens with one attached hydrogen (secondary N) is 1. The summed E-state index contributed by atoms with van der Waals surface area (Å²) in [6, 6.07) is 13.6. The molecule has 0 aliphatic heterocycles. The van der Waals surface area contributed by atoms with Crippen molar-refractivity contribution in [2.45, 2.75) is 13.0 Å². The molecule has 0 heterocycles. The molecule has 0 radical (unpaired) electrons. The zero-order valence-electron chi connectivity index (χ0n) is 12.1. The third kappa shape index (κ3) is 3.75. The van der Waals surface area contributed by atoms with E-state index in [0.717, 1.165) is 27.1 Å². The van der Waals surface area contributed by atoms with E-state index in [1.807, 2.05) is 49.4 Å². The van der Waals surface area contributed by atoms with Crippen molar-refractivity contribution in [3.63, 3.8) is 0 Å². The van der Waals surface area contributed by atoms with Gasteiger partial charge in [-0.2, -0.15) is 0 Å². The van der Waals surface area contributed by atoms with Crippen LogP contribution in [0.2, 0.25) is 0 Å². The zero-order chi connectivity index (χ0) is 15.2. The molecule has 0 fully saturated rings. The molecule has 21 heavy (non-hydrogen) atoms. The van der Waals surface area contributed by atoms with Crippen LogP contribution in [0.25, 0.3) is 0 Å². The lowest BCUT2D eigenvalue weighted by molar-refractivity contribution is 0.340. The summed E-state index contributed by atoms with van der Waals surface area (Å²) >= 11 is 3.44. The molecule has 0 aliphatic carbocycles.